The minimum Gasteiger partial charge on any atom is -0.503 e. The maximum atomic E-state index is 13.3. The predicted molar refractivity (Wildman–Crippen MR) is 123 cm³/mol. The highest BCUT2D eigenvalue weighted by Crippen LogP contribution is 2.54. The molecule has 1 saturated carbocycles. The monoisotopic (exact) mass is 494 g/mol. The fraction of sp³-hybridized carbons (Fsp3) is 0.250. The Bertz CT molecular complexity index is 1310. The van der Waals surface area contributed by atoms with Crippen molar-refractivity contribution < 1.29 is 9.90 Å². The van der Waals surface area contributed by atoms with Crippen LogP contribution in [0.2, 0.25) is 0 Å². The molecule has 1 atom stereocenters. The van der Waals surface area contributed by atoms with Gasteiger partial charge in [-0.05, 0) is 41.7 Å². The van der Waals surface area contributed by atoms with Gasteiger partial charge in [0.2, 0.25) is 5.43 Å². The molecule has 3 aromatic rings. The van der Waals surface area contributed by atoms with Crippen LogP contribution in [0.1, 0.15) is 46.1 Å². The van der Waals surface area contributed by atoms with Gasteiger partial charge in [-0.3, -0.25) is 19.3 Å². The summed E-state index contributed by atoms with van der Waals surface area (Å²) in [4.78, 5) is 26.7. The van der Waals surface area contributed by atoms with E-state index < -0.39 is 16.6 Å². The Morgan fingerprint density at radius 1 is 1.06 bits per heavy atom. The molecule has 1 fully saturated rings. The van der Waals surface area contributed by atoms with E-state index in [4.69, 9.17) is 0 Å². The molecule has 0 amide bonds. The van der Waals surface area contributed by atoms with Crippen LogP contribution < -0.4 is 10.4 Å². The van der Waals surface area contributed by atoms with Crippen LogP contribution in [0.15, 0.2) is 68.9 Å². The maximum Gasteiger partial charge on any atom is 0.224 e. The number of halogens is 1. The van der Waals surface area contributed by atoms with Crippen molar-refractivity contribution in [3.63, 3.8) is 0 Å². The number of pyridine rings is 1. The molecule has 1 aromatic heterocycles. The molecule has 3 aliphatic rings. The quantitative estimate of drug-likeness (QED) is 0.534. The van der Waals surface area contributed by atoms with Crippen molar-refractivity contribution in [2.75, 3.05) is 11.6 Å². The number of rotatable bonds is 1. The molecule has 0 saturated heterocycles. The summed E-state index contributed by atoms with van der Waals surface area (Å²) in [5.74, 6) is 0.275. The van der Waals surface area contributed by atoms with Crippen LogP contribution in [-0.2, 0) is 5.75 Å². The van der Waals surface area contributed by atoms with Crippen LogP contribution in [0.3, 0.4) is 0 Å². The fourth-order valence-electron chi connectivity index (χ4n) is 4.88. The molecule has 6 rings (SSSR count). The molecule has 3 heterocycles. The summed E-state index contributed by atoms with van der Waals surface area (Å²) in [6.07, 6.45) is 3.18. The molecule has 2 aliphatic heterocycles. The Morgan fingerprint density at radius 2 is 1.87 bits per heavy atom. The van der Waals surface area contributed by atoms with E-state index in [9.17, 15) is 14.7 Å². The molecule has 156 valence electrons. The van der Waals surface area contributed by atoms with Gasteiger partial charge in [0.15, 0.2) is 17.2 Å². The van der Waals surface area contributed by atoms with E-state index >= 15 is 0 Å². The number of hydrogen-bond acceptors (Lipinski definition) is 5. The molecule has 2 aromatic carbocycles. The van der Waals surface area contributed by atoms with E-state index in [1.807, 2.05) is 23.9 Å². The van der Waals surface area contributed by atoms with Gasteiger partial charge in [0.25, 0.3) is 0 Å². The first-order valence-corrected chi connectivity index (χ1v) is 12.0. The molecule has 1 spiro atoms. The molecular weight excluding hydrogens is 476 g/mol. The number of nitrogens with zero attached hydrogens (tertiary/aromatic N) is 2. The Kier molecular flexibility index (Phi) is 4.17. The summed E-state index contributed by atoms with van der Waals surface area (Å²) in [5, 5.41) is 12.8. The molecule has 7 heteroatoms. The van der Waals surface area contributed by atoms with E-state index in [0.29, 0.717) is 6.54 Å². The van der Waals surface area contributed by atoms with Gasteiger partial charge in [-0.2, -0.15) is 0 Å². The average Bonchev–Trinajstić information content (AvgIpc) is 3.56. The number of benzene rings is 2. The first-order valence-electron chi connectivity index (χ1n) is 10.3. The SMILES string of the molecule is O=C1c2c(O)c(=O)ccn2N(C2c3ccccc3SCc3cccc(Br)c32)CC12CC2. The smallest absolute Gasteiger partial charge is 0.224 e. The van der Waals surface area contributed by atoms with E-state index in [0.717, 1.165) is 34.2 Å². The fourth-order valence-corrected chi connectivity index (χ4v) is 6.58. The third-order valence-corrected chi connectivity index (χ3v) is 8.49. The maximum absolute atomic E-state index is 13.3. The first kappa shape index (κ1) is 19.2. The number of Topliss-reactive ketones (excluding diaryl/α,β-unsaturated/α-hetero) is 1. The second-order valence-electron chi connectivity index (χ2n) is 8.47. The van der Waals surface area contributed by atoms with Gasteiger partial charge in [-0.15, -0.1) is 11.8 Å². The number of thioether (sulfide) groups is 1. The van der Waals surface area contributed by atoms with Crippen molar-refractivity contribution in [1.29, 1.82) is 0 Å². The van der Waals surface area contributed by atoms with Crippen molar-refractivity contribution in [1.82, 2.24) is 4.68 Å². The molecule has 31 heavy (non-hydrogen) atoms. The van der Waals surface area contributed by atoms with E-state index in [2.05, 4.69) is 51.3 Å². The highest BCUT2D eigenvalue weighted by atomic mass is 79.9. The first-order chi connectivity index (χ1) is 15.0. The molecule has 1 unspecified atom stereocenters. The summed E-state index contributed by atoms with van der Waals surface area (Å²) in [7, 11) is 0. The van der Waals surface area contributed by atoms with Gasteiger partial charge >= 0.3 is 0 Å². The number of carbonyl (C=O) groups excluding carboxylic acids is 1. The van der Waals surface area contributed by atoms with E-state index in [1.165, 1.54) is 16.5 Å². The minimum atomic E-state index is -0.527. The number of aromatic nitrogens is 1. The standard InChI is InChI=1S/C24H19BrN2O3S/c25-16-6-3-4-14-12-31-18-7-2-1-5-15(18)20(19(14)16)27-13-24(9-10-24)23(30)21-22(29)17(28)8-11-26(21)27/h1-8,11,20,29H,9-10,12-13H2. The van der Waals surface area contributed by atoms with E-state index in [-0.39, 0.29) is 17.5 Å². The van der Waals surface area contributed by atoms with Crippen molar-refractivity contribution in [3.8, 4) is 5.75 Å². The lowest BCUT2D eigenvalue weighted by Gasteiger charge is -2.43. The molecular formula is C24H19BrN2O3S. The van der Waals surface area contributed by atoms with Gasteiger partial charge in [-0.25, -0.2) is 0 Å². The number of aromatic hydroxyl groups is 1. The zero-order chi connectivity index (χ0) is 21.3. The normalized spacial score (nSPS) is 20.6. The van der Waals surface area contributed by atoms with Gasteiger partial charge in [-0.1, -0.05) is 46.3 Å². The van der Waals surface area contributed by atoms with Crippen molar-refractivity contribution >= 4 is 33.5 Å². The highest BCUT2D eigenvalue weighted by molar-refractivity contribution is 9.10. The lowest BCUT2D eigenvalue weighted by atomic mass is 9.90. The van der Waals surface area contributed by atoms with Crippen molar-refractivity contribution in [2.24, 2.45) is 5.41 Å². The van der Waals surface area contributed by atoms with Gasteiger partial charge in [0.05, 0.1) is 11.5 Å². The number of ketones is 1. The molecule has 0 radical (unpaired) electrons. The third kappa shape index (κ3) is 2.76. The summed E-state index contributed by atoms with van der Waals surface area (Å²) in [6.45, 7) is 0.547. The average molecular weight is 495 g/mol. The van der Waals surface area contributed by atoms with Crippen LogP contribution >= 0.6 is 27.7 Å². The zero-order valence-electron chi connectivity index (χ0n) is 16.5. The van der Waals surface area contributed by atoms with Crippen LogP contribution in [0.4, 0.5) is 0 Å². The van der Waals surface area contributed by atoms with Crippen molar-refractivity contribution in [3.05, 3.63) is 91.8 Å². The number of carbonyl (C=O) groups is 1. The lowest BCUT2D eigenvalue weighted by Crippen LogP contribution is -2.51. The summed E-state index contributed by atoms with van der Waals surface area (Å²) < 4.78 is 2.73. The summed E-state index contributed by atoms with van der Waals surface area (Å²) >= 11 is 5.59. The Balaban J connectivity index is 1.66. The van der Waals surface area contributed by atoms with Crippen LogP contribution in [-0.4, -0.2) is 22.1 Å². The molecule has 1 aliphatic carbocycles. The van der Waals surface area contributed by atoms with Gasteiger partial charge in [0.1, 0.15) is 0 Å². The van der Waals surface area contributed by atoms with Crippen LogP contribution in [0.25, 0.3) is 0 Å². The Morgan fingerprint density at radius 3 is 2.68 bits per heavy atom. The number of fused-ring (bicyclic) bond motifs is 3. The summed E-state index contributed by atoms with van der Waals surface area (Å²) in [5.41, 5.74) is 2.62. The Labute approximate surface area is 191 Å². The van der Waals surface area contributed by atoms with Crippen LogP contribution in [0, 0.1) is 5.41 Å². The predicted octanol–water partition coefficient (Wildman–Crippen LogP) is 4.63. The minimum absolute atomic E-state index is 0.110. The largest absolute Gasteiger partial charge is 0.503 e. The topological polar surface area (TPSA) is 62.5 Å². The molecule has 5 nitrogen and oxygen atoms in total. The zero-order valence-corrected chi connectivity index (χ0v) is 18.9. The van der Waals surface area contributed by atoms with E-state index in [1.54, 1.807) is 10.9 Å². The van der Waals surface area contributed by atoms with Gasteiger partial charge < -0.3 is 5.11 Å². The Hall–Kier alpha value is -2.51. The van der Waals surface area contributed by atoms with Crippen LogP contribution in [0.5, 0.6) is 5.75 Å². The van der Waals surface area contributed by atoms with Crippen molar-refractivity contribution in [2.45, 2.75) is 29.5 Å². The van der Waals surface area contributed by atoms with Gasteiger partial charge in [0, 0.05) is 33.9 Å². The molecule has 1 N–H and O–H groups in total. The molecule has 0 bridgehead atoms. The lowest BCUT2D eigenvalue weighted by molar-refractivity contribution is 0.0856. The number of hydrogen-bond donors (Lipinski definition) is 1. The highest BCUT2D eigenvalue weighted by Gasteiger charge is 2.56. The summed E-state index contributed by atoms with van der Waals surface area (Å²) in [6, 6.07) is 15.8. The third-order valence-electron chi connectivity index (χ3n) is 6.66. The second kappa shape index (κ2) is 6.74. The second-order valence-corrected chi connectivity index (χ2v) is 10.3.